The van der Waals surface area contributed by atoms with Crippen LogP contribution in [-0.2, 0) is 28.8 Å². The minimum atomic E-state index is -3.25. The molecule has 0 fully saturated rings. The van der Waals surface area contributed by atoms with Crippen molar-refractivity contribution < 1.29 is 28.1 Å². The molecule has 1 rings (SSSR count). The molecule has 0 saturated heterocycles. The van der Waals surface area contributed by atoms with E-state index in [1.165, 1.54) is 7.11 Å². The van der Waals surface area contributed by atoms with Gasteiger partial charge in [-0.1, -0.05) is 38.5 Å². The van der Waals surface area contributed by atoms with Crippen LogP contribution in [0.5, 0.6) is 0 Å². The highest BCUT2D eigenvalue weighted by atomic mass is 32.2. The van der Waals surface area contributed by atoms with Gasteiger partial charge in [0.25, 0.3) is 5.91 Å². The van der Waals surface area contributed by atoms with E-state index >= 15 is 0 Å². The lowest BCUT2D eigenvalue weighted by Gasteiger charge is -2.25. The van der Waals surface area contributed by atoms with Crippen molar-refractivity contribution in [1.29, 1.82) is 0 Å². The number of hydrogen-bond donors (Lipinski definition) is 1. The number of esters is 1. The maximum atomic E-state index is 13.6. The Balaban J connectivity index is 3.28. The Morgan fingerprint density at radius 3 is 2.27 bits per heavy atom. The molecule has 1 unspecified atom stereocenters. The molecule has 2 amide bonds. The van der Waals surface area contributed by atoms with Gasteiger partial charge in [-0.25, -0.2) is 9.00 Å². The number of rotatable bonds is 8. The number of hydrogen-bond acceptors (Lipinski definition) is 6. The zero-order chi connectivity index (χ0) is 22.9. The van der Waals surface area contributed by atoms with Crippen LogP contribution in [0.3, 0.4) is 0 Å². The lowest BCUT2D eigenvalue weighted by atomic mass is 9.99. The molecule has 30 heavy (non-hydrogen) atoms. The Bertz CT molecular complexity index is 854. The second kappa shape index (κ2) is 11.1. The summed E-state index contributed by atoms with van der Waals surface area (Å²) < 4.78 is 27.5. The summed E-state index contributed by atoms with van der Waals surface area (Å²) in [7, 11) is -2.01. The monoisotopic (exact) mass is 440 g/mol. The highest BCUT2D eigenvalue weighted by molar-refractivity contribution is 7.94. The summed E-state index contributed by atoms with van der Waals surface area (Å²) >= 11 is 0. The number of carbonyl (C=O) groups excluding carboxylic acids is 3. The van der Waals surface area contributed by atoms with E-state index in [2.05, 4.69) is 14.4 Å². The van der Waals surface area contributed by atoms with Crippen LogP contribution in [0.15, 0.2) is 39.6 Å². The molecule has 0 aliphatic carbocycles. The smallest absolute Gasteiger partial charge is 0.408 e. The zero-order valence-corrected chi connectivity index (χ0v) is 19.3. The first-order valence-corrected chi connectivity index (χ1v) is 11.5. The van der Waals surface area contributed by atoms with Gasteiger partial charge in [0.2, 0.25) is 0 Å². The van der Waals surface area contributed by atoms with Crippen molar-refractivity contribution in [1.82, 2.24) is 5.32 Å². The number of methoxy groups -OCH3 is 1. The summed E-state index contributed by atoms with van der Waals surface area (Å²) in [5, 5.41) is 2.55. The van der Waals surface area contributed by atoms with Crippen LogP contribution >= 0.6 is 0 Å². The topological polar surface area (TPSA) is 111 Å². The van der Waals surface area contributed by atoms with E-state index in [1.807, 2.05) is 6.92 Å². The molecule has 1 aromatic rings. The minimum absolute atomic E-state index is 0.158. The van der Waals surface area contributed by atoms with Crippen molar-refractivity contribution in [3.63, 3.8) is 0 Å². The number of ether oxygens (including phenoxy) is 2. The van der Waals surface area contributed by atoms with Crippen LogP contribution in [0.4, 0.5) is 4.79 Å². The van der Waals surface area contributed by atoms with E-state index in [-0.39, 0.29) is 18.1 Å². The Hall–Kier alpha value is -2.42. The van der Waals surface area contributed by atoms with Crippen molar-refractivity contribution in [3.8, 4) is 0 Å². The van der Waals surface area contributed by atoms with Gasteiger partial charge in [-0.3, -0.25) is 9.59 Å². The molecule has 1 aromatic carbocycles. The van der Waals surface area contributed by atoms with Crippen molar-refractivity contribution >= 4 is 27.7 Å². The number of benzene rings is 1. The van der Waals surface area contributed by atoms with Gasteiger partial charge in [0.15, 0.2) is 0 Å². The fourth-order valence-electron chi connectivity index (χ4n) is 2.49. The first-order valence-electron chi connectivity index (χ1n) is 9.82. The molecular formula is C21H32N2O6S. The van der Waals surface area contributed by atoms with Gasteiger partial charge in [0, 0.05) is 10.6 Å². The lowest BCUT2D eigenvalue weighted by molar-refractivity contribution is -0.140. The SMILES string of the molecule is CC[C@H](C)[C@H](NC(=O)OC(C)(C)C)C(=O)N=S(=O)(CCC(=O)OC)c1ccccc1. The van der Waals surface area contributed by atoms with Gasteiger partial charge in [-0.05, 0) is 38.8 Å². The van der Waals surface area contributed by atoms with Gasteiger partial charge >= 0.3 is 12.1 Å². The summed E-state index contributed by atoms with van der Waals surface area (Å²) in [6.07, 6.45) is -0.331. The maximum absolute atomic E-state index is 13.6. The largest absolute Gasteiger partial charge is 0.469 e. The molecule has 168 valence electrons. The second-order valence-corrected chi connectivity index (χ2v) is 10.3. The minimum Gasteiger partial charge on any atom is -0.469 e. The predicted molar refractivity (Wildman–Crippen MR) is 114 cm³/mol. The summed E-state index contributed by atoms with van der Waals surface area (Å²) in [6, 6.07) is 7.28. The third kappa shape index (κ3) is 8.14. The molecule has 8 nitrogen and oxygen atoms in total. The molecule has 0 aliphatic heterocycles. The van der Waals surface area contributed by atoms with Crippen LogP contribution in [0.1, 0.15) is 47.5 Å². The van der Waals surface area contributed by atoms with Gasteiger partial charge in [-0.2, -0.15) is 4.36 Å². The molecule has 9 heteroatoms. The number of nitrogens with zero attached hydrogens (tertiary/aromatic N) is 1. The fraction of sp³-hybridized carbons (Fsp3) is 0.571. The van der Waals surface area contributed by atoms with Crippen molar-refractivity contribution in [2.45, 2.75) is 64.0 Å². The Kier molecular flexibility index (Phi) is 9.48. The molecule has 0 spiro atoms. The van der Waals surface area contributed by atoms with E-state index in [0.29, 0.717) is 11.3 Å². The second-order valence-electron chi connectivity index (χ2n) is 7.92. The van der Waals surface area contributed by atoms with E-state index in [0.717, 1.165) is 0 Å². The molecule has 0 heterocycles. The molecule has 1 N–H and O–H groups in total. The van der Waals surface area contributed by atoms with E-state index in [9.17, 15) is 18.6 Å². The Labute approximate surface area is 178 Å². The standard InChI is InChI=1S/C21H32N2O6S/c1-7-15(2)18(22-20(26)29-21(3,4)5)19(25)23-30(27,14-13-17(24)28-6)16-11-9-8-10-12-16/h8-12,15,18H,7,13-14H2,1-6H3,(H,22,26)/t15-,18-,30?/m0/s1. The third-order valence-electron chi connectivity index (χ3n) is 4.31. The summed E-state index contributed by atoms with van der Waals surface area (Å²) in [4.78, 5) is 37.2. The molecule has 0 radical (unpaired) electrons. The van der Waals surface area contributed by atoms with Crippen LogP contribution in [0.25, 0.3) is 0 Å². The lowest BCUT2D eigenvalue weighted by Crippen LogP contribution is -2.46. The highest BCUT2D eigenvalue weighted by Gasteiger charge is 2.30. The van der Waals surface area contributed by atoms with Crippen LogP contribution < -0.4 is 5.32 Å². The Morgan fingerprint density at radius 1 is 1.17 bits per heavy atom. The van der Waals surface area contributed by atoms with E-state index in [4.69, 9.17) is 4.74 Å². The summed E-state index contributed by atoms with van der Waals surface area (Å²) in [5.41, 5.74) is -0.734. The average molecular weight is 441 g/mol. The highest BCUT2D eigenvalue weighted by Crippen LogP contribution is 2.18. The predicted octanol–water partition coefficient (Wildman–Crippen LogP) is 3.54. The Morgan fingerprint density at radius 2 is 1.77 bits per heavy atom. The van der Waals surface area contributed by atoms with Crippen LogP contribution in [-0.4, -0.2) is 46.7 Å². The molecule has 0 bridgehead atoms. The van der Waals surface area contributed by atoms with Crippen molar-refractivity contribution in [2.75, 3.05) is 12.9 Å². The maximum Gasteiger partial charge on any atom is 0.408 e. The number of carbonyl (C=O) groups is 3. The van der Waals surface area contributed by atoms with E-state index < -0.39 is 39.3 Å². The van der Waals surface area contributed by atoms with Crippen LogP contribution in [0, 0.1) is 5.92 Å². The molecular weight excluding hydrogens is 408 g/mol. The molecule has 3 atom stereocenters. The summed E-state index contributed by atoms with van der Waals surface area (Å²) in [5.74, 6) is -1.72. The molecule has 0 saturated carbocycles. The summed E-state index contributed by atoms with van der Waals surface area (Å²) in [6.45, 7) is 8.80. The normalized spacial score (nSPS) is 15.3. The van der Waals surface area contributed by atoms with E-state index in [1.54, 1.807) is 58.0 Å². The van der Waals surface area contributed by atoms with Crippen molar-refractivity contribution in [3.05, 3.63) is 30.3 Å². The molecule has 0 aromatic heterocycles. The molecule has 0 aliphatic rings. The first kappa shape index (κ1) is 25.6. The van der Waals surface area contributed by atoms with Gasteiger partial charge in [0.1, 0.15) is 11.6 Å². The first-order chi connectivity index (χ1) is 13.9. The quantitative estimate of drug-likeness (QED) is 0.619. The van der Waals surface area contributed by atoms with Crippen molar-refractivity contribution in [2.24, 2.45) is 10.3 Å². The van der Waals surface area contributed by atoms with Gasteiger partial charge < -0.3 is 14.8 Å². The average Bonchev–Trinajstić information content (AvgIpc) is 2.68. The van der Waals surface area contributed by atoms with Gasteiger partial charge in [0.05, 0.1) is 23.3 Å². The zero-order valence-electron chi connectivity index (χ0n) is 18.5. The van der Waals surface area contributed by atoms with Gasteiger partial charge in [-0.15, -0.1) is 0 Å². The number of alkyl carbamates (subject to hydrolysis) is 1. The van der Waals surface area contributed by atoms with Crippen LogP contribution in [0.2, 0.25) is 0 Å². The fourth-order valence-corrected chi connectivity index (χ4v) is 4.36. The third-order valence-corrected chi connectivity index (χ3v) is 6.55. The number of amides is 2. The number of nitrogens with one attached hydrogen (secondary N) is 1.